The van der Waals surface area contributed by atoms with E-state index in [4.69, 9.17) is 5.73 Å². The molecule has 1 aromatic rings. The van der Waals surface area contributed by atoms with Crippen molar-refractivity contribution >= 4 is 17.3 Å². The number of likely N-dealkylation sites (N-methyl/N-ethyl adjacent to an activating group) is 1. The third-order valence-corrected chi connectivity index (χ3v) is 3.12. The van der Waals surface area contributed by atoms with Crippen LogP contribution in [0.3, 0.4) is 0 Å². The van der Waals surface area contributed by atoms with Gasteiger partial charge in [0.05, 0.1) is 17.6 Å². The largest absolute Gasteiger partial charge is 0.396 e. The van der Waals surface area contributed by atoms with Crippen LogP contribution in [0, 0.1) is 0 Å². The molecule has 1 aromatic heterocycles. The van der Waals surface area contributed by atoms with Crippen molar-refractivity contribution in [1.82, 2.24) is 9.88 Å². The zero-order chi connectivity index (χ0) is 12.4. The second-order valence-corrected chi connectivity index (χ2v) is 4.52. The first-order valence-corrected chi connectivity index (χ1v) is 5.78. The molecule has 0 bridgehead atoms. The van der Waals surface area contributed by atoms with Crippen LogP contribution in [0.15, 0.2) is 18.5 Å². The lowest BCUT2D eigenvalue weighted by Crippen LogP contribution is -2.43. The van der Waals surface area contributed by atoms with E-state index in [9.17, 15) is 4.79 Å². The van der Waals surface area contributed by atoms with Crippen LogP contribution in [-0.4, -0.2) is 42.5 Å². The number of aromatic nitrogens is 1. The molecular formula is C12H18N4O. The van der Waals surface area contributed by atoms with Gasteiger partial charge in [0.15, 0.2) is 0 Å². The summed E-state index contributed by atoms with van der Waals surface area (Å²) in [6.45, 7) is 0.873. The highest BCUT2D eigenvalue weighted by atomic mass is 16.2. The number of rotatable bonds is 2. The predicted molar refractivity (Wildman–Crippen MR) is 67.7 cm³/mol. The molecule has 5 nitrogen and oxygen atoms in total. The number of nitrogens with zero attached hydrogens (tertiary/aromatic N) is 3. The summed E-state index contributed by atoms with van der Waals surface area (Å²) in [5.74, 6) is 0.138. The van der Waals surface area contributed by atoms with Crippen molar-refractivity contribution in [2.75, 3.05) is 31.3 Å². The Morgan fingerprint density at radius 1 is 1.59 bits per heavy atom. The summed E-state index contributed by atoms with van der Waals surface area (Å²) in [6, 6.07) is 1.78. The fourth-order valence-corrected chi connectivity index (χ4v) is 2.27. The number of carbonyl (C=O) groups excluding carboxylic acids is 1. The lowest BCUT2D eigenvalue weighted by atomic mass is 10.2. The topological polar surface area (TPSA) is 62.5 Å². The monoisotopic (exact) mass is 234 g/mol. The Bertz CT molecular complexity index is 419. The third kappa shape index (κ3) is 2.18. The minimum absolute atomic E-state index is 0.0882. The molecule has 2 rings (SSSR count). The van der Waals surface area contributed by atoms with Crippen LogP contribution in [0.25, 0.3) is 0 Å². The smallest absolute Gasteiger partial charge is 0.244 e. The average Bonchev–Trinajstić information content (AvgIpc) is 2.77. The molecule has 1 aliphatic heterocycles. The summed E-state index contributed by atoms with van der Waals surface area (Å²) < 4.78 is 0. The van der Waals surface area contributed by atoms with Gasteiger partial charge >= 0.3 is 0 Å². The number of anilines is 2. The molecule has 1 aliphatic rings. The number of hydrogen-bond acceptors (Lipinski definition) is 4. The van der Waals surface area contributed by atoms with Crippen LogP contribution in [0.2, 0.25) is 0 Å². The van der Waals surface area contributed by atoms with Crippen molar-refractivity contribution in [2.45, 2.75) is 18.9 Å². The van der Waals surface area contributed by atoms with Gasteiger partial charge in [0.1, 0.15) is 6.04 Å². The van der Waals surface area contributed by atoms with Gasteiger partial charge in [-0.25, -0.2) is 0 Å². The van der Waals surface area contributed by atoms with Gasteiger partial charge in [0, 0.05) is 26.8 Å². The molecule has 0 saturated carbocycles. The van der Waals surface area contributed by atoms with Crippen molar-refractivity contribution in [3.05, 3.63) is 18.5 Å². The van der Waals surface area contributed by atoms with Crippen molar-refractivity contribution in [3.63, 3.8) is 0 Å². The van der Waals surface area contributed by atoms with E-state index in [-0.39, 0.29) is 11.9 Å². The molecule has 1 fully saturated rings. The van der Waals surface area contributed by atoms with E-state index in [0.717, 1.165) is 25.1 Å². The predicted octanol–water partition coefficient (Wildman–Crippen LogP) is 0.721. The van der Waals surface area contributed by atoms with Gasteiger partial charge in [0.25, 0.3) is 0 Å². The van der Waals surface area contributed by atoms with Crippen LogP contribution >= 0.6 is 0 Å². The summed E-state index contributed by atoms with van der Waals surface area (Å²) in [6.07, 6.45) is 5.25. The molecule has 1 saturated heterocycles. The molecular weight excluding hydrogens is 216 g/mol. The van der Waals surface area contributed by atoms with Crippen LogP contribution in [0.5, 0.6) is 0 Å². The Morgan fingerprint density at radius 2 is 2.35 bits per heavy atom. The summed E-state index contributed by atoms with van der Waals surface area (Å²) in [5.41, 5.74) is 7.45. The molecule has 0 aromatic carbocycles. The van der Waals surface area contributed by atoms with Gasteiger partial charge in [0.2, 0.25) is 5.91 Å². The Labute approximate surface area is 101 Å². The number of hydrogen-bond donors (Lipinski definition) is 1. The number of pyridine rings is 1. The third-order valence-electron chi connectivity index (χ3n) is 3.12. The first kappa shape index (κ1) is 11.7. The van der Waals surface area contributed by atoms with E-state index in [1.54, 1.807) is 31.4 Å². The zero-order valence-electron chi connectivity index (χ0n) is 10.3. The van der Waals surface area contributed by atoms with Crippen molar-refractivity contribution in [3.8, 4) is 0 Å². The van der Waals surface area contributed by atoms with Crippen LogP contribution < -0.4 is 10.6 Å². The maximum Gasteiger partial charge on any atom is 0.244 e. The molecule has 0 aliphatic carbocycles. The number of carbonyl (C=O) groups is 1. The highest BCUT2D eigenvalue weighted by molar-refractivity contribution is 5.87. The lowest BCUT2D eigenvalue weighted by Gasteiger charge is -2.28. The maximum atomic E-state index is 12.1. The van der Waals surface area contributed by atoms with Crippen LogP contribution in [-0.2, 0) is 4.79 Å². The fraction of sp³-hybridized carbons (Fsp3) is 0.500. The average molecular weight is 234 g/mol. The molecule has 0 radical (unpaired) electrons. The molecule has 0 spiro atoms. The highest BCUT2D eigenvalue weighted by Gasteiger charge is 2.32. The Kier molecular flexibility index (Phi) is 3.17. The van der Waals surface area contributed by atoms with E-state index >= 15 is 0 Å². The zero-order valence-corrected chi connectivity index (χ0v) is 10.3. The van der Waals surface area contributed by atoms with Crippen molar-refractivity contribution < 1.29 is 4.79 Å². The van der Waals surface area contributed by atoms with Gasteiger partial charge in [-0.2, -0.15) is 0 Å². The Balaban J connectivity index is 2.26. The highest BCUT2D eigenvalue weighted by Crippen LogP contribution is 2.30. The van der Waals surface area contributed by atoms with Crippen molar-refractivity contribution in [1.29, 1.82) is 0 Å². The van der Waals surface area contributed by atoms with Crippen LogP contribution in [0.1, 0.15) is 12.8 Å². The lowest BCUT2D eigenvalue weighted by molar-refractivity contribution is -0.129. The maximum absolute atomic E-state index is 12.1. The fourth-order valence-electron chi connectivity index (χ4n) is 2.27. The Hall–Kier alpha value is -1.78. The molecule has 1 unspecified atom stereocenters. The standard InChI is InChI=1S/C12H18N4O/c1-15(2)12(17)11-4-3-7-16(11)10-5-6-14-8-9(10)13/h5-6,8,11H,3-4,7,13H2,1-2H3. The minimum atomic E-state index is -0.0882. The summed E-state index contributed by atoms with van der Waals surface area (Å²) in [7, 11) is 3.57. The molecule has 5 heteroatoms. The normalized spacial score (nSPS) is 19.4. The van der Waals surface area contributed by atoms with Gasteiger partial charge in [-0.3, -0.25) is 9.78 Å². The second-order valence-electron chi connectivity index (χ2n) is 4.52. The first-order valence-electron chi connectivity index (χ1n) is 5.78. The number of amides is 1. The molecule has 1 amide bonds. The van der Waals surface area contributed by atoms with E-state index in [2.05, 4.69) is 9.88 Å². The van der Waals surface area contributed by atoms with E-state index in [1.165, 1.54) is 0 Å². The number of nitrogen functional groups attached to an aromatic ring is 1. The summed E-state index contributed by atoms with van der Waals surface area (Å²) in [4.78, 5) is 19.8. The first-order chi connectivity index (χ1) is 8.11. The quantitative estimate of drug-likeness (QED) is 0.819. The minimum Gasteiger partial charge on any atom is -0.396 e. The van der Waals surface area contributed by atoms with E-state index in [1.807, 2.05) is 6.07 Å². The Morgan fingerprint density at radius 3 is 3.00 bits per heavy atom. The van der Waals surface area contributed by atoms with E-state index < -0.39 is 0 Å². The second kappa shape index (κ2) is 4.61. The molecule has 1 atom stereocenters. The van der Waals surface area contributed by atoms with E-state index in [0.29, 0.717) is 5.69 Å². The number of nitrogens with two attached hydrogens (primary N) is 1. The molecule has 92 valence electrons. The van der Waals surface area contributed by atoms with Crippen molar-refractivity contribution in [2.24, 2.45) is 0 Å². The summed E-state index contributed by atoms with van der Waals surface area (Å²) in [5, 5.41) is 0. The van der Waals surface area contributed by atoms with Gasteiger partial charge in [-0.15, -0.1) is 0 Å². The van der Waals surface area contributed by atoms with Gasteiger partial charge in [-0.1, -0.05) is 0 Å². The van der Waals surface area contributed by atoms with Gasteiger partial charge < -0.3 is 15.5 Å². The SMILES string of the molecule is CN(C)C(=O)C1CCCN1c1ccncc1N. The molecule has 17 heavy (non-hydrogen) atoms. The molecule has 2 N–H and O–H groups in total. The van der Waals surface area contributed by atoms with Crippen LogP contribution in [0.4, 0.5) is 11.4 Å². The molecule has 2 heterocycles. The summed E-state index contributed by atoms with van der Waals surface area (Å²) >= 11 is 0. The van der Waals surface area contributed by atoms with Gasteiger partial charge in [-0.05, 0) is 18.9 Å².